The molecule has 1 saturated heterocycles. The van der Waals surface area contributed by atoms with Gasteiger partial charge in [-0.25, -0.2) is 4.98 Å². The molecule has 2 aromatic heterocycles. The van der Waals surface area contributed by atoms with Gasteiger partial charge in [0.25, 0.3) is 5.91 Å². The number of likely N-dealkylation sites (tertiary alicyclic amines) is 1. The summed E-state index contributed by atoms with van der Waals surface area (Å²) in [6.07, 6.45) is 3.89. The Labute approximate surface area is 146 Å². The highest BCUT2D eigenvalue weighted by molar-refractivity contribution is 7.98. The fourth-order valence-corrected chi connectivity index (χ4v) is 4.04. The van der Waals surface area contributed by atoms with Crippen molar-refractivity contribution in [2.75, 3.05) is 13.1 Å². The van der Waals surface area contributed by atoms with E-state index in [-0.39, 0.29) is 5.91 Å². The second-order valence-electron chi connectivity index (χ2n) is 6.42. The fourth-order valence-electron chi connectivity index (χ4n) is 2.90. The number of aryl methyl sites for hydroxylation is 2. The maximum absolute atomic E-state index is 12.9. The predicted molar refractivity (Wildman–Crippen MR) is 94.1 cm³/mol. The molecule has 0 atom stereocenters. The van der Waals surface area contributed by atoms with Crippen LogP contribution in [0, 0.1) is 19.8 Å². The lowest BCUT2D eigenvalue weighted by atomic mass is 9.99. The third kappa shape index (κ3) is 3.64. The second kappa shape index (κ2) is 7.38. The third-order valence-corrected chi connectivity index (χ3v) is 5.64. The number of hydrogen-bond donors (Lipinski definition) is 0. The Morgan fingerprint density at radius 2 is 2.12 bits per heavy atom. The summed E-state index contributed by atoms with van der Waals surface area (Å²) in [6, 6.07) is 3.71. The number of nitrogens with zero attached hydrogens (tertiary/aromatic N) is 3. The van der Waals surface area contributed by atoms with Crippen LogP contribution in [-0.2, 0) is 5.75 Å². The van der Waals surface area contributed by atoms with E-state index in [1.54, 1.807) is 18.0 Å². The van der Waals surface area contributed by atoms with E-state index in [0.717, 1.165) is 48.0 Å². The van der Waals surface area contributed by atoms with Crippen LogP contribution in [0.1, 0.15) is 47.1 Å². The zero-order valence-electron chi connectivity index (χ0n) is 14.4. The van der Waals surface area contributed by atoms with Crippen molar-refractivity contribution in [3.8, 4) is 0 Å². The third-order valence-electron chi connectivity index (χ3n) is 4.61. The summed E-state index contributed by atoms with van der Waals surface area (Å²) in [4.78, 5) is 19.3. The molecule has 24 heavy (non-hydrogen) atoms. The lowest BCUT2D eigenvalue weighted by Crippen LogP contribution is -2.38. The Bertz CT molecular complexity index is 701. The molecule has 0 bridgehead atoms. The van der Waals surface area contributed by atoms with Crippen LogP contribution in [0.2, 0.25) is 0 Å². The number of carbonyl (C=O) groups is 1. The summed E-state index contributed by atoms with van der Waals surface area (Å²) in [5, 5.41) is 4.76. The van der Waals surface area contributed by atoms with Crippen molar-refractivity contribution in [2.45, 2.75) is 44.4 Å². The molecule has 0 spiro atoms. The quantitative estimate of drug-likeness (QED) is 0.788. The van der Waals surface area contributed by atoms with Crippen LogP contribution in [0.25, 0.3) is 0 Å². The van der Waals surface area contributed by atoms with E-state index in [9.17, 15) is 4.79 Å². The first kappa shape index (κ1) is 17.0. The minimum absolute atomic E-state index is 0.0938. The number of piperidine rings is 1. The van der Waals surface area contributed by atoms with Crippen LogP contribution < -0.4 is 0 Å². The average Bonchev–Trinajstić information content (AvgIpc) is 2.91. The number of rotatable bonds is 4. The minimum atomic E-state index is 0.0938. The van der Waals surface area contributed by atoms with E-state index in [4.69, 9.17) is 4.52 Å². The summed E-state index contributed by atoms with van der Waals surface area (Å²) in [5.41, 5.74) is 2.67. The summed E-state index contributed by atoms with van der Waals surface area (Å²) in [6.45, 7) is 7.77. The van der Waals surface area contributed by atoms with Gasteiger partial charge in [0, 0.05) is 30.6 Å². The van der Waals surface area contributed by atoms with Crippen molar-refractivity contribution in [2.24, 2.45) is 5.92 Å². The van der Waals surface area contributed by atoms with Gasteiger partial charge in [-0.1, -0.05) is 12.1 Å². The molecule has 1 fully saturated rings. The molecule has 1 aliphatic rings. The van der Waals surface area contributed by atoms with Gasteiger partial charge < -0.3 is 9.42 Å². The van der Waals surface area contributed by atoms with Crippen molar-refractivity contribution >= 4 is 17.7 Å². The Hall–Kier alpha value is -1.82. The molecule has 0 N–H and O–H groups in total. The molecule has 0 aromatic carbocycles. The van der Waals surface area contributed by atoms with Gasteiger partial charge >= 0.3 is 0 Å². The topological polar surface area (TPSA) is 59.2 Å². The first-order chi connectivity index (χ1) is 11.6. The number of amides is 1. The van der Waals surface area contributed by atoms with E-state index in [1.165, 1.54) is 0 Å². The maximum Gasteiger partial charge on any atom is 0.256 e. The SMILES string of the molecule is Cc1noc(C)c1CSc1ncccc1C(=O)N1CCC(C)CC1. The van der Waals surface area contributed by atoms with Crippen LogP contribution in [0.4, 0.5) is 0 Å². The van der Waals surface area contributed by atoms with E-state index < -0.39 is 0 Å². The van der Waals surface area contributed by atoms with E-state index >= 15 is 0 Å². The van der Waals surface area contributed by atoms with Gasteiger partial charge in [-0.2, -0.15) is 0 Å². The zero-order chi connectivity index (χ0) is 17.1. The molecule has 0 saturated carbocycles. The number of pyridine rings is 1. The number of hydrogen-bond acceptors (Lipinski definition) is 5. The number of aromatic nitrogens is 2. The number of thioether (sulfide) groups is 1. The summed E-state index contributed by atoms with van der Waals surface area (Å²) in [7, 11) is 0. The molecule has 2 aromatic rings. The normalized spacial score (nSPS) is 15.7. The largest absolute Gasteiger partial charge is 0.361 e. The molecule has 5 nitrogen and oxygen atoms in total. The first-order valence-corrected chi connectivity index (χ1v) is 9.33. The van der Waals surface area contributed by atoms with Crippen molar-refractivity contribution in [3.05, 3.63) is 40.9 Å². The van der Waals surface area contributed by atoms with Crippen molar-refractivity contribution in [1.82, 2.24) is 15.0 Å². The fraction of sp³-hybridized carbons (Fsp3) is 0.500. The molecule has 0 unspecified atom stereocenters. The molecule has 0 radical (unpaired) electrons. The molecule has 128 valence electrons. The molecular formula is C18H23N3O2S. The molecule has 3 rings (SSSR count). The van der Waals surface area contributed by atoms with E-state index in [0.29, 0.717) is 17.2 Å². The Kier molecular flexibility index (Phi) is 5.23. The van der Waals surface area contributed by atoms with Crippen LogP contribution >= 0.6 is 11.8 Å². The van der Waals surface area contributed by atoms with Gasteiger partial charge in [0.1, 0.15) is 10.8 Å². The van der Waals surface area contributed by atoms with E-state index in [1.807, 2.05) is 30.9 Å². The maximum atomic E-state index is 12.9. The Balaban J connectivity index is 1.74. The van der Waals surface area contributed by atoms with Gasteiger partial charge in [0.05, 0.1) is 11.3 Å². The van der Waals surface area contributed by atoms with Crippen molar-refractivity contribution < 1.29 is 9.32 Å². The smallest absolute Gasteiger partial charge is 0.256 e. The zero-order valence-corrected chi connectivity index (χ0v) is 15.2. The van der Waals surface area contributed by atoms with Crippen LogP contribution in [0.15, 0.2) is 27.9 Å². The molecule has 1 amide bonds. The minimum Gasteiger partial charge on any atom is -0.361 e. The predicted octanol–water partition coefficient (Wildman–Crippen LogP) is 3.85. The van der Waals surface area contributed by atoms with Gasteiger partial charge in [0.15, 0.2) is 0 Å². The average molecular weight is 345 g/mol. The lowest BCUT2D eigenvalue weighted by Gasteiger charge is -2.30. The Morgan fingerprint density at radius 3 is 2.79 bits per heavy atom. The molecule has 3 heterocycles. The second-order valence-corrected chi connectivity index (χ2v) is 7.39. The van der Waals surface area contributed by atoms with Crippen molar-refractivity contribution in [3.63, 3.8) is 0 Å². The number of carbonyl (C=O) groups excluding carboxylic acids is 1. The molecular weight excluding hydrogens is 322 g/mol. The van der Waals surface area contributed by atoms with Crippen LogP contribution in [0.5, 0.6) is 0 Å². The van der Waals surface area contributed by atoms with E-state index in [2.05, 4.69) is 17.1 Å². The Morgan fingerprint density at radius 1 is 1.38 bits per heavy atom. The van der Waals surface area contributed by atoms with Crippen molar-refractivity contribution in [1.29, 1.82) is 0 Å². The van der Waals surface area contributed by atoms with Crippen LogP contribution in [-0.4, -0.2) is 34.0 Å². The summed E-state index contributed by atoms with van der Waals surface area (Å²) < 4.78 is 5.21. The van der Waals surface area contributed by atoms with Gasteiger partial charge in [-0.05, 0) is 44.7 Å². The molecule has 0 aliphatic carbocycles. The molecule has 6 heteroatoms. The summed E-state index contributed by atoms with van der Waals surface area (Å²) >= 11 is 1.57. The molecule has 1 aliphatic heterocycles. The van der Waals surface area contributed by atoms with Gasteiger partial charge in [-0.15, -0.1) is 11.8 Å². The summed E-state index contributed by atoms with van der Waals surface area (Å²) in [5.74, 6) is 2.33. The highest BCUT2D eigenvalue weighted by Crippen LogP contribution is 2.28. The van der Waals surface area contributed by atoms with Crippen LogP contribution in [0.3, 0.4) is 0 Å². The highest BCUT2D eigenvalue weighted by Gasteiger charge is 2.24. The highest BCUT2D eigenvalue weighted by atomic mass is 32.2. The van der Waals surface area contributed by atoms with Gasteiger partial charge in [0.2, 0.25) is 0 Å². The monoisotopic (exact) mass is 345 g/mol. The van der Waals surface area contributed by atoms with Gasteiger partial charge in [-0.3, -0.25) is 4.79 Å². The first-order valence-electron chi connectivity index (χ1n) is 8.35. The lowest BCUT2D eigenvalue weighted by molar-refractivity contribution is 0.0693. The standard InChI is InChI=1S/C18H23N3O2S/c1-12-6-9-21(10-7-12)18(22)15-5-4-8-19-17(15)24-11-16-13(2)20-23-14(16)3/h4-5,8,12H,6-7,9-11H2,1-3H3.